The Hall–Kier alpha value is -1.25. The highest BCUT2D eigenvalue weighted by atomic mass is 32.2. The molecule has 1 aliphatic rings. The lowest BCUT2D eigenvalue weighted by Crippen LogP contribution is -2.32. The number of benzene rings is 1. The van der Waals surface area contributed by atoms with Gasteiger partial charge in [0.15, 0.2) is 0 Å². The van der Waals surface area contributed by atoms with Crippen LogP contribution in [-0.2, 0) is 10.0 Å². The van der Waals surface area contributed by atoms with Crippen LogP contribution in [0.2, 0.25) is 0 Å². The fraction of sp³-hybridized carbons (Fsp3) is 0.571. The first-order valence-electron chi connectivity index (χ1n) is 7.07. The molecule has 5 nitrogen and oxygen atoms in total. The van der Waals surface area contributed by atoms with Gasteiger partial charge in [-0.3, -0.25) is 0 Å². The summed E-state index contributed by atoms with van der Waals surface area (Å²) in [5, 5.41) is 9.68. The summed E-state index contributed by atoms with van der Waals surface area (Å²) in [6, 6.07) is 5.27. The summed E-state index contributed by atoms with van der Waals surface area (Å²) in [4.78, 5) is 0.0318. The van der Waals surface area contributed by atoms with Crippen molar-refractivity contribution in [3.63, 3.8) is 0 Å². The molecule has 0 amide bonds. The van der Waals surface area contributed by atoms with E-state index in [2.05, 4.69) is 4.72 Å². The molecule has 0 bridgehead atoms. The first kappa shape index (κ1) is 17.1. The van der Waals surface area contributed by atoms with Gasteiger partial charge in [-0.1, -0.05) is 6.42 Å². The zero-order chi connectivity index (χ0) is 16.2. The Kier molecular flexibility index (Phi) is 5.71. The third-order valence-corrected chi connectivity index (χ3v) is 5.10. The van der Waals surface area contributed by atoms with E-state index in [0.717, 1.165) is 12.8 Å². The molecule has 1 aliphatic carbocycles. The van der Waals surface area contributed by atoms with Gasteiger partial charge >= 0.3 is 0 Å². The maximum Gasteiger partial charge on any atom is 0.272 e. The average Bonchev–Trinajstić information content (AvgIpc) is 2.89. The van der Waals surface area contributed by atoms with Crippen molar-refractivity contribution in [2.45, 2.75) is 36.7 Å². The van der Waals surface area contributed by atoms with E-state index in [-0.39, 0.29) is 23.1 Å². The quantitative estimate of drug-likeness (QED) is 0.796. The van der Waals surface area contributed by atoms with Crippen molar-refractivity contribution >= 4 is 10.0 Å². The molecule has 8 heteroatoms. The third kappa shape index (κ3) is 4.62. The second-order valence-electron chi connectivity index (χ2n) is 5.28. The van der Waals surface area contributed by atoms with E-state index in [0.29, 0.717) is 6.42 Å². The van der Waals surface area contributed by atoms with E-state index in [9.17, 15) is 22.3 Å². The fourth-order valence-corrected chi connectivity index (χ4v) is 3.52. The first-order valence-corrected chi connectivity index (χ1v) is 8.55. The minimum atomic E-state index is -3.68. The number of rotatable bonds is 7. The highest BCUT2D eigenvalue weighted by Gasteiger charge is 2.26. The number of hydrogen-bond donors (Lipinski definition) is 2. The summed E-state index contributed by atoms with van der Waals surface area (Å²) in [6.07, 6.45) is -0.660. The summed E-state index contributed by atoms with van der Waals surface area (Å²) < 4.78 is 55.5. The van der Waals surface area contributed by atoms with Gasteiger partial charge in [0.05, 0.1) is 11.0 Å². The molecule has 22 heavy (non-hydrogen) atoms. The summed E-state index contributed by atoms with van der Waals surface area (Å²) in [5.41, 5.74) is 0. The molecule has 2 N–H and O–H groups in total. The molecular weight excluding hydrogens is 316 g/mol. The summed E-state index contributed by atoms with van der Waals surface area (Å²) in [7, 11) is -3.68. The molecule has 124 valence electrons. The lowest BCUT2D eigenvalue weighted by molar-refractivity contribution is 0.0819. The molecule has 1 saturated carbocycles. The summed E-state index contributed by atoms with van der Waals surface area (Å²) in [6.45, 7) is -0.545. The number of ether oxygens (including phenoxy) is 1. The SMILES string of the molecule is O=S(=O)(NC[C@H]1CCC[C@@H]1O)c1ccc(OCC(F)F)cc1. The van der Waals surface area contributed by atoms with Crippen LogP contribution in [-0.4, -0.2) is 39.2 Å². The molecule has 1 fully saturated rings. The van der Waals surface area contributed by atoms with E-state index in [1.807, 2.05) is 0 Å². The van der Waals surface area contributed by atoms with E-state index >= 15 is 0 Å². The van der Waals surface area contributed by atoms with Crippen molar-refractivity contribution in [1.29, 1.82) is 0 Å². The van der Waals surface area contributed by atoms with E-state index < -0.39 is 29.2 Å². The molecule has 0 spiro atoms. The lowest BCUT2D eigenvalue weighted by atomic mass is 10.1. The van der Waals surface area contributed by atoms with Gasteiger partial charge < -0.3 is 9.84 Å². The largest absolute Gasteiger partial charge is 0.488 e. The standard InChI is InChI=1S/C14H19F2NO4S/c15-14(16)9-21-11-4-6-12(7-5-11)22(19,20)17-8-10-2-1-3-13(10)18/h4-7,10,13-14,17-18H,1-3,8-9H2/t10-,13+/m1/s1. The van der Waals surface area contributed by atoms with Gasteiger partial charge in [0.1, 0.15) is 12.4 Å². The Balaban J connectivity index is 1.94. The number of hydrogen-bond acceptors (Lipinski definition) is 4. The Morgan fingerprint density at radius 3 is 2.50 bits per heavy atom. The van der Waals surface area contributed by atoms with Gasteiger partial charge in [-0.2, -0.15) is 0 Å². The predicted octanol–water partition coefficient (Wildman–Crippen LogP) is 1.77. The molecule has 2 atom stereocenters. The molecule has 1 aromatic carbocycles. The number of alkyl halides is 2. The van der Waals surface area contributed by atoms with E-state index in [4.69, 9.17) is 4.74 Å². The topological polar surface area (TPSA) is 75.6 Å². The average molecular weight is 335 g/mol. The molecule has 0 radical (unpaired) electrons. The van der Waals surface area contributed by atoms with Crippen molar-refractivity contribution < 1.29 is 27.0 Å². The Labute approximate surface area is 128 Å². The van der Waals surface area contributed by atoms with Crippen LogP contribution in [0.4, 0.5) is 8.78 Å². The van der Waals surface area contributed by atoms with Crippen LogP contribution < -0.4 is 9.46 Å². The van der Waals surface area contributed by atoms with Crippen molar-refractivity contribution in [3.05, 3.63) is 24.3 Å². The predicted molar refractivity (Wildman–Crippen MR) is 76.5 cm³/mol. The van der Waals surface area contributed by atoms with Gasteiger partial charge in [0.2, 0.25) is 10.0 Å². The molecule has 2 rings (SSSR count). The highest BCUT2D eigenvalue weighted by molar-refractivity contribution is 7.89. The van der Waals surface area contributed by atoms with Crippen LogP contribution in [0.3, 0.4) is 0 Å². The minimum absolute atomic E-state index is 0.0318. The molecule has 0 aromatic heterocycles. The summed E-state index contributed by atoms with van der Waals surface area (Å²) >= 11 is 0. The van der Waals surface area contributed by atoms with Gasteiger partial charge in [-0.05, 0) is 43.0 Å². The molecular formula is C14H19F2NO4S. The van der Waals surface area contributed by atoms with Crippen LogP contribution in [0.5, 0.6) is 5.75 Å². The van der Waals surface area contributed by atoms with E-state index in [1.165, 1.54) is 24.3 Å². The molecule has 0 unspecified atom stereocenters. The Bertz CT molecular complexity index is 577. The smallest absolute Gasteiger partial charge is 0.272 e. The maximum absolute atomic E-state index is 12.1. The van der Waals surface area contributed by atoms with Crippen LogP contribution >= 0.6 is 0 Å². The third-order valence-electron chi connectivity index (χ3n) is 3.66. The maximum atomic E-state index is 12.1. The van der Waals surface area contributed by atoms with Crippen molar-refractivity contribution in [1.82, 2.24) is 4.72 Å². The molecule has 0 aliphatic heterocycles. The number of aliphatic hydroxyl groups is 1. The second kappa shape index (κ2) is 7.34. The van der Waals surface area contributed by atoms with Crippen LogP contribution in [0.15, 0.2) is 29.2 Å². The van der Waals surface area contributed by atoms with Crippen molar-refractivity contribution in [2.75, 3.05) is 13.2 Å². The van der Waals surface area contributed by atoms with Crippen LogP contribution in [0.1, 0.15) is 19.3 Å². The Morgan fingerprint density at radius 1 is 1.27 bits per heavy atom. The molecule has 0 heterocycles. The van der Waals surface area contributed by atoms with Crippen molar-refractivity contribution in [2.24, 2.45) is 5.92 Å². The van der Waals surface area contributed by atoms with Gasteiger partial charge in [-0.25, -0.2) is 21.9 Å². The number of halogens is 2. The minimum Gasteiger partial charge on any atom is -0.488 e. The second-order valence-corrected chi connectivity index (χ2v) is 7.05. The van der Waals surface area contributed by atoms with Crippen molar-refractivity contribution in [3.8, 4) is 5.75 Å². The van der Waals surface area contributed by atoms with Gasteiger partial charge in [0.25, 0.3) is 6.43 Å². The van der Waals surface area contributed by atoms with Crippen LogP contribution in [0, 0.1) is 5.92 Å². The van der Waals surface area contributed by atoms with Crippen LogP contribution in [0.25, 0.3) is 0 Å². The zero-order valence-corrected chi connectivity index (χ0v) is 12.7. The fourth-order valence-electron chi connectivity index (χ4n) is 2.43. The normalized spacial score (nSPS) is 22.2. The number of sulfonamides is 1. The lowest BCUT2D eigenvalue weighted by Gasteiger charge is -2.15. The highest BCUT2D eigenvalue weighted by Crippen LogP contribution is 2.25. The Morgan fingerprint density at radius 2 is 1.95 bits per heavy atom. The van der Waals surface area contributed by atoms with Gasteiger partial charge in [0, 0.05) is 6.54 Å². The molecule has 1 aromatic rings. The monoisotopic (exact) mass is 335 g/mol. The van der Waals surface area contributed by atoms with Gasteiger partial charge in [-0.15, -0.1) is 0 Å². The summed E-state index contributed by atoms with van der Waals surface area (Å²) in [5.74, 6) is 0.119. The number of nitrogens with one attached hydrogen (secondary N) is 1. The van der Waals surface area contributed by atoms with E-state index in [1.54, 1.807) is 0 Å². The zero-order valence-electron chi connectivity index (χ0n) is 11.9. The first-order chi connectivity index (χ1) is 10.4. The number of aliphatic hydroxyl groups excluding tert-OH is 1. The molecule has 0 saturated heterocycles.